The lowest BCUT2D eigenvalue weighted by atomic mass is 10.1. The number of nitrogens with two attached hydrogens (primary N) is 1. The fraction of sp³-hybridized carbons (Fsp3) is 0.333. The minimum absolute atomic E-state index is 0.153. The summed E-state index contributed by atoms with van der Waals surface area (Å²) >= 11 is 0. The molecule has 0 aromatic heterocycles. The average Bonchev–Trinajstić information content (AvgIpc) is 2.87. The predicted octanol–water partition coefficient (Wildman–Crippen LogP) is 2.69. The highest BCUT2D eigenvalue weighted by Gasteiger charge is 2.26. The fourth-order valence-corrected chi connectivity index (χ4v) is 3.71. The Labute approximate surface area is 147 Å². The van der Waals surface area contributed by atoms with Gasteiger partial charge in [-0.1, -0.05) is 0 Å². The molecule has 0 saturated heterocycles. The van der Waals surface area contributed by atoms with Gasteiger partial charge >= 0.3 is 0 Å². The molecular weight excluding hydrogens is 343 g/mol. The standard InChI is InChI=1S/C18H21FN2O3S/c1-13-11-14-12-17(25(20,22)23)7-8-18(14)21(13)9-2-10-24-16-5-3-15(19)4-6-16/h3-8,12-13H,2,9-11H2,1H3,(H2,20,22,23)/t13-/m0/s1. The number of rotatable bonds is 6. The number of ether oxygens (including phenoxy) is 1. The van der Waals surface area contributed by atoms with Crippen molar-refractivity contribution in [3.8, 4) is 5.75 Å². The van der Waals surface area contributed by atoms with Crippen molar-refractivity contribution in [3.63, 3.8) is 0 Å². The summed E-state index contributed by atoms with van der Waals surface area (Å²) in [5, 5.41) is 5.20. The Balaban J connectivity index is 1.60. The van der Waals surface area contributed by atoms with Gasteiger partial charge in [0.05, 0.1) is 11.5 Å². The van der Waals surface area contributed by atoms with Gasteiger partial charge in [-0.05, 0) is 67.8 Å². The Morgan fingerprint density at radius 3 is 2.64 bits per heavy atom. The Kier molecular flexibility index (Phi) is 4.96. The molecule has 0 amide bonds. The number of fused-ring (bicyclic) bond motifs is 1. The van der Waals surface area contributed by atoms with Gasteiger partial charge in [0.1, 0.15) is 11.6 Å². The van der Waals surface area contributed by atoms with E-state index in [1.54, 1.807) is 24.3 Å². The number of halogens is 1. The van der Waals surface area contributed by atoms with Crippen LogP contribution in [0.25, 0.3) is 0 Å². The van der Waals surface area contributed by atoms with Crippen LogP contribution in [0, 0.1) is 5.82 Å². The van der Waals surface area contributed by atoms with Crippen molar-refractivity contribution >= 4 is 15.7 Å². The van der Waals surface area contributed by atoms with Crippen molar-refractivity contribution in [1.82, 2.24) is 0 Å². The molecule has 1 heterocycles. The molecule has 0 fully saturated rings. The van der Waals surface area contributed by atoms with Gasteiger partial charge in [0.2, 0.25) is 10.0 Å². The van der Waals surface area contributed by atoms with Gasteiger partial charge in [0, 0.05) is 18.3 Å². The van der Waals surface area contributed by atoms with Crippen LogP contribution >= 0.6 is 0 Å². The van der Waals surface area contributed by atoms with Gasteiger partial charge in [-0.3, -0.25) is 0 Å². The van der Waals surface area contributed by atoms with Crippen LogP contribution in [0.1, 0.15) is 18.9 Å². The SMILES string of the molecule is C[C@H]1Cc2cc(S(N)(=O)=O)ccc2N1CCCOc1ccc(F)cc1. The third-order valence-electron chi connectivity index (χ3n) is 4.36. The second kappa shape index (κ2) is 7.01. The van der Waals surface area contributed by atoms with E-state index < -0.39 is 10.0 Å². The van der Waals surface area contributed by atoms with Crippen LogP contribution in [0.4, 0.5) is 10.1 Å². The van der Waals surface area contributed by atoms with Crippen LogP contribution in [0.5, 0.6) is 5.75 Å². The van der Waals surface area contributed by atoms with Gasteiger partial charge in [-0.2, -0.15) is 0 Å². The van der Waals surface area contributed by atoms with Gasteiger partial charge in [0.15, 0.2) is 0 Å². The summed E-state index contributed by atoms with van der Waals surface area (Å²) in [6.45, 7) is 3.43. The topological polar surface area (TPSA) is 72.6 Å². The number of benzene rings is 2. The van der Waals surface area contributed by atoms with Crippen molar-refractivity contribution < 1.29 is 17.5 Å². The molecule has 2 N–H and O–H groups in total. The molecule has 3 rings (SSSR count). The van der Waals surface area contributed by atoms with Gasteiger partial charge < -0.3 is 9.64 Å². The lowest BCUT2D eigenvalue weighted by Gasteiger charge is -2.25. The molecule has 7 heteroatoms. The first-order valence-electron chi connectivity index (χ1n) is 8.15. The summed E-state index contributed by atoms with van der Waals surface area (Å²) in [5.74, 6) is 0.364. The quantitative estimate of drug-likeness (QED) is 0.800. The number of nitrogens with zero attached hydrogens (tertiary/aromatic N) is 1. The Morgan fingerprint density at radius 2 is 1.96 bits per heavy atom. The molecule has 5 nitrogen and oxygen atoms in total. The van der Waals surface area contributed by atoms with E-state index in [2.05, 4.69) is 11.8 Å². The first-order chi connectivity index (χ1) is 11.8. The number of sulfonamides is 1. The van der Waals surface area contributed by atoms with Crippen molar-refractivity contribution in [2.24, 2.45) is 5.14 Å². The smallest absolute Gasteiger partial charge is 0.238 e. The minimum Gasteiger partial charge on any atom is -0.494 e. The zero-order valence-electron chi connectivity index (χ0n) is 14.0. The minimum atomic E-state index is -3.68. The molecule has 0 aliphatic carbocycles. The molecule has 25 heavy (non-hydrogen) atoms. The Morgan fingerprint density at radius 1 is 1.24 bits per heavy atom. The lowest BCUT2D eigenvalue weighted by Crippen LogP contribution is -2.31. The summed E-state index contributed by atoms with van der Waals surface area (Å²) in [6, 6.07) is 11.3. The molecule has 0 radical (unpaired) electrons. The largest absolute Gasteiger partial charge is 0.494 e. The van der Waals surface area contributed by atoms with E-state index in [9.17, 15) is 12.8 Å². The van der Waals surface area contributed by atoms with Crippen LogP contribution in [-0.2, 0) is 16.4 Å². The second-order valence-corrected chi connectivity index (χ2v) is 7.80. The van der Waals surface area contributed by atoms with E-state index >= 15 is 0 Å². The van der Waals surface area contributed by atoms with Crippen LogP contribution in [0.3, 0.4) is 0 Å². The zero-order chi connectivity index (χ0) is 18.0. The molecule has 2 aromatic rings. The van der Waals surface area contributed by atoms with Gasteiger partial charge in [-0.25, -0.2) is 17.9 Å². The lowest BCUT2D eigenvalue weighted by molar-refractivity contribution is 0.310. The van der Waals surface area contributed by atoms with E-state index in [0.29, 0.717) is 12.4 Å². The summed E-state index contributed by atoms with van der Waals surface area (Å²) < 4.78 is 41.4. The van der Waals surface area contributed by atoms with E-state index in [1.807, 2.05) is 6.07 Å². The van der Waals surface area contributed by atoms with E-state index in [-0.39, 0.29) is 16.8 Å². The first-order valence-corrected chi connectivity index (χ1v) is 9.70. The van der Waals surface area contributed by atoms with Crippen LogP contribution in [0.2, 0.25) is 0 Å². The summed E-state index contributed by atoms with van der Waals surface area (Å²) in [7, 11) is -3.68. The van der Waals surface area contributed by atoms with E-state index in [4.69, 9.17) is 9.88 Å². The van der Waals surface area contributed by atoms with Crippen LogP contribution < -0.4 is 14.8 Å². The molecule has 0 bridgehead atoms. The summed E-state index contributed by atoms with van der Waals surface area (Å²) in [4.78, 5) is 2.40. The number of primary sulfonamides is 1. The van der Waals surface area contributed by atoms with Crippen LogP contribution in [0.15, 0.2) is 47.4 Å². The Hall–Kier alpha value is -2.12. The van der Waals surface area contributed by atoms with Gasteiger partial charge in [-0.15, -0.1) is 0 Å². The highest BCUT2D eigenvalue weighted by Crippen LogP contribution is 2.33. The van der Waals surface area contributed by atoms with Crippen molar-refractivity contribution in [1.29, 1.82) is 0 Å². The maximum absolute atomic E-state index is 12.9. The van der Waals surface area contributed by atoms with E-state index in [0.717, 1.165) is 30.6 Å². The molecule has 1 aliphatic heterocycles. The molecule has 134 valence electrons. The average molecular weight is 364 g/mol. The molecule has 0 saturated carbocycles. The first kappa shape index (κ1) is 17.7. The fourth-order valence-electron chi connectivity index (χ4n) is 3.15. The highest BCUT2D eigenvalue weighted by molar-refractivity contribution is 7.89. The normalized spacial score (nSPS) is 16.8. The molecule has 2 aromatic carbocycles. The third kappa shape index (κ3) is 4.11. The summed E-state index contributed by atoms with van der Waals surface area (Å²) in [6.07, 6.45) is 1.59. The summed E-state index contributed by atoms with van der Waals surface area (Å²) in [5.41, 5.74) is 2.04. The maximum Gasteiger partial charge on any atom is 0.238 e. The maximum atomic E-state index is 12.9. The van der Waals surface area contributed by atoms with Crippen molar-refractivity contribution in [3.05, 3.63) is 53.8 Å². The van der Waals surface area contributed by atoms with Crippen molar-refractivity contribution in [2.75, 3.05) is 18.1 Å². The Bertz CT molecular complexity index is 853. The van der Waals surface area contributed by atoms with Crippen molar-refractivity contribution in [2.45, 2.75) is 30.7 Å². The highest BCUT2D eigenvalue weighted by atomic mass is 32.2. The molecule has 1 aliphatic rings. The molecule has 0 spiro atoms. The zero-order valence-corrected chi connectivity index (χ0v) is 14.8. The molecular formula is C18H21FN2O3S. The number of hydrogen-bond acceptors (Lipinski definition) is 4. The number of hydrogen-bond donors (Lipinski definition) is 1. The third-order valence-corrected chi connectivity index (χ3v) is 5.27. The number of anilines is 1. The van der Waals surface area contributed by atoms with Gasteiger partial charge in [0.25, 0.3) is 0 Å². The second-order valence-electron chi connectivity index (χ2n) is 6.24. The molecule has 1 atom stereocenters. The van der Waals surface area contributed by atoms with E-state index in [1.165, 1.54) is 12.1 Å². The monoisotopic (exact) mass is 364 g/mol. The predicted molar refractivity (Wildman–Crippen MR) is 94.8 cm³/mol. The van der Waals surface area contributed by atoms with Crippen LogP contribution in [-0.4, -0.2) is 27.6 Å². The molecule has 0 unspecified atom stereocenters.